The summed E-state index contributed by atoms with van der Waals surface area (Å²) in [6.45, 7) is 3.10. The molecule has 0 fully saturated rings. The molecule has 0 aliphatic rings. The van der Waals surface area contributed by atoms with E-state index in [1.807, 2.05) is 6.92 Å². The lowest BCUT2D eigenvalue weighted by molar-refractivity contribution is -0.119. The van der Waals surface area contributed by atoms with Crippen LogP contribution in [0.1, 0.15) is 6.92 Å². The molecule has 0 atom stereocenters. The average Bonchev–Trinajstić information content (AvgIpc) is 2.40. The van der Waals surface area contributed by atoms with Crippen LogP contribution in [0.15, 0.2) is 11.0 Å². The van der Waals surface area contributed by atoms with Gasteiger partial charge in [0.2, 0.25) is 5.91 Å². The minimum atomic E-state index is -0.417. The fourth-order valence-corrected chi connectivity index (χ4v) is 1.57. The van der Waals surface area contributed by atoms with E-state index in [1.54, 1.807) is 0 Å². The Bertz CT molecular complexity index is 489. The highest BCUT2D eigenvalue weighted by Crippen LogP contribution is 2.14. The van der Waals surface area contributed by atoms with Gasteiger partial charge in [-0.15, -0.1) is 0 Å². The third kappa shape index (κ3) is 4.53. The van der Waals surface area contributed by atoms with Crippen LogP contribution in [-0.2, 0) is 16.1 Å². The van der Waals surface area contributed by atoms with Crippen molar-refractivity contribution in [2.45, 2.75) is 13.5 Å². The van der Waals surface area contributed by atoms with Crippen molar-refractivity contribution >= 4 is 23.2 Å². The molecule has 0 unspecified atom stereocenters. The number of carbonyl (C=O) groups excluding carboxylic acids is 1. The predicted molar refractivity (Wildman–Crippen MR) is 72.6 cm³/mol. The van der Waals surface area contributed by atoms with Crippen LogP contribution >= 0.6 is 11.6 Å². The van der Waals surface area contributed by atoms with E-state index in [2.05, 4.69) is 15.7 Å². The summed E-state index contributed by atoms with van der Waals surface area (Å²) in [5, 5.41) is 9.35. The van der Waals surface area contributed by atoms with Gasteiger partial charge in [-0.25, -0.2) is 4.68 Å². The van der Waals surface area contributed by atoms with Crippen LogP contribution in [0.2, 0.25) is 5.02 Å². The maximum absolute atomic E-state index is 11.8. The third-order valence-corrected chi connectivity index (χ3v) is 2.67. The number of nitrogens with zero attached hydrogens (tertiary/aromatic N) is 2. The van der Waals surface area contributed by atoms with Crippen LogP contribution in [0.3, 0.4) is 0 Å². The lowest BCUT2D eigenvalue weighted by Crippen LogP contribution is -2.31. The number of aromatic nitrogens is 2. The molecule has 0 radical (unpaired) electrons. The van der Waals surface area contributed by atoms with Crippen molar-refractivity contribution in [3.8, 4) is 0 Å². The zero-order valence-electron chi connectivity index (χ0n) is 10.9. The van der Waals surface area contributed by atoms with Gasteiger partial charge in [0.25, 0.3) is 5.56 Å². The molecule has 0 spiro atoms. The lowest BCUT2D eigenvalue weighted by atomic mass is 10.4. The summed E-state index contributed by atoms with van der Waals surface area (Å²) in [7, 11) is 1.54. The fraction of sp³-hybridized carbons (Fsp3) is 0.545. The first-order valence-electron chi connectivity index (χ1n) is 5.85. The summed E-state index contributed by atoms with van der Waals surface area (Å²) < 4.78 is 6.08. The molecule has 0 saturated heterocycles. The number of anilines is 1. The number of nitrogens with one attached hydrogen (secondary N) is 2. The second kappa shape index (κ2) is 7.75. The minimum absolute atomic E-state index is 0.00963. The van der Waals surface area contributed by atoms with Crippen molar-refractivity contribution < 1.29 is 9.53 Å². The molecular formula is C11H17ClN4O3. The van der Waals surface area contributed by atoms with E-state index in [0.29, 0.717) is 25.4 Å². The number of hydrogen-bond acceptors (Lipinski definition) is 5. The largest absolute Gasteiger partial charge is 0.383 e. The molecular weight excluding hydrogens is 272 g/mol. The summed E-state index contributed by atoms with van der Waals surface area (Å²) >= 11 is 5.93. The summed E-state index contributed by atoms with van der Waals surface area (Å²) in [6.07, 6.45) is 1.42. The van der Waals surface area contributed by atoms with Gasteiger partial charge in [-0.1, -0.05) is 11.6 Å². The second-order valence-electron chi connectivity index (χ2n) is 3.70. The van der Waals surface area contributed by atoms with Crippen LogP contribution in [0.5, 0.6) is 0 Å². The highest BCUT2D eigenvalue weighted by Gasteiger charge is 2.09. The number of hydrogen-bond donors (Lipinski definition) is 2. The number of carbonyl (C=O) groups is 1. The van der Waals surface area contributed by atoms with Crippen LogP contribution in [-0.4, -0.2) is 42.5 Å². The van der Waals surface area contributed by atoms with Crippen LogP contribution in [0.25, 0.3) is 0 Å². The highest BCUT2D eigenvalue weighted by atomic mass is 35.5. The Morgan fingerprint density at radius 2 is 2.32 bits per heavy atom. The monoisotopic (exact) mass is 288 g/mol. The molecule has 1 heterocycles. The second-order valence-corrected chi connectivity index (χ2v) is 4.08. The molecule has 0 aromatic carbocycles. The maximum atomic E-state index is 11.8. The molecule has 0 aliphatic carbocycles. The molecule has 8 heteroatoms. The van der Waals surface area contributed by atoms with Gasteiger partial charge in [0, 0.05) is 13.7 Å². The maximum Gasteiger partial charge on any atom is 0.287 e. The third-order valence-electron chi connectivity index (χ3n) is 2.31. The topological polar surface area (TPSA) is 85.2 Å². The fourth-order valence-electron chi connectivity index (χ4n) is 1.36. The van der Waals surface area contributed by atoms with Gasteiger partial charge in [-0.3, -0.25) is 9.59 Å². The smallest absolute Gasteiger partial charge is 0.287 e. The Morgan fingerprint density at radius 3 is 2.95 bits per heavy atom. The summed E-state index contributed by atoms with van der Waals surface area (Å²) in [5.74, 6) is -0.179. The molecule has 1 aromatic heterocycles. The van der Waals surface area contributed by atoms with E-state index in [4.69, 9.17) is 16.3 Å². The molecule has 1 amide bonds. The lowest BCUT2D eigenvalue weighted by Gasteiger charge is -2.09. The van der Waals surface area contributed by atoms with Crippen molar-refractivity contribution in [2.24, 2.45) is 0 Å². The number of methoxy groups -OCH3 is 1. The molecule has 2 N–H and O–H groups in total. The Balaban J connectivity index is 2.73. The molecule has 106 valence electrons. The van der Waals surface area contributed by atoms with Gasteiger partial charge in [-0.2, -0.15) is 5.10 Å². The van der Waals surface area contributed by atoms with Crippen LogP contribution in [0.4, 0.5) is 5.69 Å². The van der Waals surface area contributed by atoms with E-state index in [9.17, 15) is 9.59 Å². The van der Waals surface area contributed by atoms with E-state index >= 15 is 0 Å². The normalized spacial score (nSPS) is 10.3. The molecule has 0 aliphatic heterocycles. The Kier molecular flexibility index (Phi) is 6.31. The average molecular weight is 289 g/mol. The van der Waals surface area contributed by atoms with Crippen molar-refractivity contribution in [1.82, 2.24) is 15.1 Å². The zero-order chi connectivity index (χ0) is 14.3. The number of rotatable bonds is 7. The van der Waals surface area contributed by atoms with Gasteiger partial charge in [0.1, 0.15) is 5.02 Å². The van der Waals surface area contributed by atoms with Gasteiger partial charge < -0.3 is 15.4 Å². The first-order valence-corrected chi connectivity index (χ1v) is 6.23. The zero-order valence-corrected chi connectivity index (χ0v) is 11.7. The van der Waals surface area contributed by atoms with Crippen LogP contribution < -0.4 is 16.2 Å². The quantitative estimate of drug-likeness (QED) is 0.743. The molecule has 1 rings (SSSR count). The van der Waals surface area contributed by atoms with E-state index < -0.39 is 5.56 Å². The summed E-state index contributed by atoms with van der Waals surface area (Å²) in [4.78, 5) is 23.1. The van der Waals surface area contributed by atoms with Gasteiger partial charge in [0.15, 0.2) is 0 Å². The van der Waals surface area contributed by atoms with Crippen molar-refractivity contribution in [1.29, 1.82) is 0 Å². The summed E-state index contributed by atoms with van der Waals surface area (Å²) in [6, 6.07) is 0. The molecule has 1 aromatic rings. The van der Waals surface area contributed by atoms with Gasteiger partial charge in [-0.05, 0) is 6.92 Å². The first kappa shape index (κ1) is 15.5. The molecule has 0 saturated carbocycles. The van der Waals surface area contributed by atoms with Crippen LogP contribution in [0, 0.1) is 0 Å². The first-order chi connectivity index (χ1) is 9.10. The van der Waals surface area contributed by atoms with Gasteiger partial charge >= 0.3 is 0 Å². The van der Waals surface area contributed by atoms with Crippen molar-refractivity contribution in [3.63, 3.8) is 0 Å². The predicted octanol–water partition coefficient (Wildman–Crippen LogP) is 0.0911. The van der Waals surface area contributed by atoms with E-state index in [0.717, 1.165) is 0 Å². The number of likely N-dealkylation sites (N-methyl/N-ethyl adjacent to an activating group) is 1. The van der Waals surface area contributed by atoms with Gasteiger partial charge in [0.05, 0.1) is 31.6 Å². The molecule has 19 heavy (non-hydrogen) atoms. The number of halogens is 1. The highest BCUT2D eigenvalue weighted by molar-refractivity contribution is 6.33. The standard InChI is InChI=1S/C11H17ClN4O3/c1-3-13-9(17)7-14-8-6-15-16(4-5-19-2)11(18)10(8)12/h6,14H,3-5,7H2,1-2H3,(H,13,17). The minimum Gasteiger partial charge on any atom is -0.383 e. The number of amides is 1. The number of ether oxygens (including phenoxy) is 1. The van der Waals surface area contributed by atoms with E-state index in [-0.39, 0.29) is 17.5 Å². The van der Waals surface area contributed by atoms with Crippen molar-refractivity contribution in [2.75, 3.05) is 32.1 Å². The van der Waals surface area contributed by atoms with E-state index in [1.165, 1.54) is 18.0 Å². The Hall–Kier alpha value is -1.60. The SMILES string of the molecule is CCNC(=O)CNc1cnn(CCOC)c(=O)c1Cl. The summed E-state index contributed by atoms with van der Waals surface area (Å²) in [5.41, 5.74) is -0.0776. The Morgan fingerprint density at radius 1 is 1.58 bits per heavy atom. The van der Waals surface area contributed by atoms with Crippen molar-refractivity contribution in [3.05, 3.63) is 21.6 Å². The molecule has 0 bridgehead atoms. The molecule has 7 nitrogen and oxygen atoms in total. The Labute approximate surface area is 115 Å².